The van der Waals surface area contributed by atoms with Gasteiger partial charge in [-0.25, -0.2) is 0 Å². The third kappa shape index (κ3) is 4.72. The molecule has 0 spiro atoms. The lowest BCUT2D eigenvalue weighted by atomic mass is 9.93. The third-order valence-corrected chi connectivity index (χ3v) is 3.82. The minimum absolute atomic E-state index is 0.919. The van der Waals surface area contributed by atoms with E-state index < -0.39 is 0 Å². The summed E-state index contributed by atoms with van der Waals surface area (Å²) in [4.78, 5) is 0. The lowest BCUT2D eigenvalue weighted by Crippen LogP contribution is -1.99. The van der Waals surface area contributed by atoms with Gasteiger partial charge in [-0.2, -0.15) is 0 Å². The van der Waals surface area contributed by atoms with Gasteiger partial charge in [0.05, 0.1) is 7.11 Å². The molecule has 1 aromatic carbocycles. The van der Waals surface area contributed by atoms with Crippen molar-refractivity contribution >= 4 is 0 Å². The third-order valence-electron chi connectivity index (χ3n) is 3.82. The molecule has 0 amide bonds. The van der Waals surface area contributed by atoms with Crippen LogP contribution >= 0.6 is 0 Å². The average molecular weight is 248 g/mol. The van der Waals surface area contributed by atoms with Crippen molar-refractivity contribution in [2.24, 2.45) is 5.92 Å². The number of hydrogen-bond acceptors (Lipinski definition) is 1. The number of rotatable bonds is 8. The highest BCUT2D eigenvalue weighted by Gasteiger charge is 2.06. The zero-order valence-corrected chi connectivity index (χ0v) is 12.5. The van der Waals surface area contributed by atoms with Gasteiger partial charge in [0.1, 0.15) is 5.75 Å². The Morgan fingerprint density at radius 3 is 2.56 bits per heavy atom. The summed E-state index contributed by atoms with van der Waals surface area (Å²) in [5.41, 5.74) is 2.63. The van der Waals surface area contributed by atoms with Crippen LogP contribution in [0.1, 0.15) is 57.1 Å². The summed E-state index contributed by atoms with van der Waals surface area (Å²) in [6.07, 6.45) is 7.86. The number of aryl methyl sites for hydroxylation is 2. The van der Waals surface area contributed by atoms with Crippen LogP contribution in [0.15, 0.2) is 18.2 Å². The van der Waals surface area contributed by atoms with Gasteiger partial charge in [-0.1, -0.05) is 51.7 Å². The van der Waals surface area contributed by atoms with E-state index >= 15 is 0 Å². The van der Waals surface area contributed by atoms with Crippen LogP contribution < -0.4 is 4.74 Å². The monoisotopic (exact) mass is 248 g/mol. The Bertz CT molecular complexity index is 343. The second-order valence-electron chi connectivity index (χ2n) is 5.26. The largest absolute Gasteiger partial charge is 0.496 e. The first-order valence-electron chi connectivity index (χ1n) is 7.34. The van der Waals surface area contributed by atoms with Crippen LogP contribution in [-0.2, 0) is 6.42 Å². The van der Waals surface area contributed by atoms with E-state index in [9.17, 15) is 0 Å². The van der Waals surface area contributed by atoms with Crippen molar-refractivity contribution in [1.29, 1.82) is 0 Å². The molecule has 0 bridgehead atoms. The highest BCUT2D eigenvalue weighted by atomic mass is 16.5. The Balaban J connectivity index is 2.43. The van der Waals surface area contributed by atoms with Crippen molar-refractivity contribution in [3.63, 3.8) is 0 Å². The van der Waals surface area contributed by atoms with Gasteiger partial charge < -0.3 is 4.74 Å². The van der Waals surface area contributed by atoms with Crippen LogP contribution in [0, 0.1) is 12.8 Å². The van der Waals surface area contributed by atoms with Crippen LogP contribution in [0.25, 0.3) is 0 Å². The molecule has 0 aliphatic carbocycles. The Morgan fingerprint density at radius 2 is 1.94 bits per heavy atom. The fraction of sp³-hybridized carbons (Fsp3) is 0.647. The second-order valence-corrected chi connectivity index (χ2v) is 5.26. The fourth-order valence-corrected chi connectivity index (χ4v) is 2.58. The van der Waals surface area contributed by atoms with Crippen LogP contribution in [0.3, 0.4) is 0 Å². The summed E-state index contributed by atoms with van der Waals surface area (Å²) in [7, 11) is 1.75. The van der Waals surface area contributed by atoms with E-state index in [1.807, 2.05) is 0 Å². The molecular weight excluding hydrogens is 220 g/mol. The molecule has 0 radical (unpaired) electrons. The number of benzene rings is 1. The second kappa shape index (κ2) is 8.18. The maximum absolute atomic E-state index is 5.37. The van der Waals surface area contributed by atoms with E-state index in [1.165, 1.54) is 49.7 Å². The Labute approximate surface area is 113 Å². The van der Waals surface area contributed by atoms with Gasteiger partial charge in [0.2, 0.25) is 0 Å². The maximum Gasteiger partial charge on any atom is 0.122 e. The molecule has 1 atom stereocenters. The Kier molecular flexibility index (Phi) is 6.85. The molecule has 0 N–H and O–H groups in total. The molecule has 0 saturated heterocycles. The van der Waals surface area contributed by atoms with Gasteiger partial charge in [-0.3, -0.25) is 0 Å². The summed E-state index contributed by atoms with van der Waals surface area (Å²) in [5.74, 6) is 1.94. The first-order valence-corrected chi connectivity index (χ1v) is 7.34. The lowest BCUT2D eigenvalue weighted by Gasteiger charge is -2.13. The predicted molar refractivity (Wildman–Crippen MR) is 79.4 cm³/mol. The first-order chi connectivity index (χ1) is 8.71. The SMILES string of the molecule is CCCC(CC)CCCc1ccc(C)c(OC)c1. The number of hydrogen-bond donors (Lipinski definition) is 0. The van der Waals surface area contributed by atoms with Crippen LogP contribution in [0.2, 0.25) is 0 Å². The van der Waals surface area contributed by atoms with Gasteiger partial charge in [-0.15, -0.1) is 0 Å². The van der Waals surface area contributed by atoms with Crippen molar-refractivity contribution < 1.29 is 4.74 Å². The minimum Gasteiger partial charge on any atom is -0.496 e. The highest BCUT2D eigenvalue weighted by molar-refractivity contribution is 5.36. The van der Waals surface area contributed by atoms with E-state index in [-0.39, 0.29) is 0 Å². The average Bonchev–Trinajstić information content (AvgIpc) is 2.39. The molecule has 0 saturated carbocycles. The number of ether oxygens (including phenoxy) is 1. The summed E-state index contributed by atoms with van der Waals surface area (Å²) in [6, 6.07) is 6.59. The molecule has 0 aliphatic rings. The molecule has 0 fully saturated rings. The van der Waals surface area contributed by atoms with Gasteiger partial charge in [0.25, 0.3) is 0 Å². The normalized spacial score (nSPS) is 12.4. The maximum atomic E-state index is 5.37. The van der Waals surface area contributed by atoms with E-state index in [1.54, 1.807) is 7.11 Å². The van der Waals surface area contributed by atoms with Gasteiger partial charge >= 0.3 is 0 Å². The van der Waals surface area contributed by atoms with Gasteiger partial charge in [-0.05, 0) is 42.9 Å². The van der Waals surface area contributed by atoms with Crippen molar-refractivity contribution in [2.45, 2.75) is 59.3 Å². The topological polar surface area (TPSA) is 9.23 Å². The molecule has 0 aliphatic heterocycles. The van der Waals surface area contributed by atoms with Crippen molar-refractivity contribution in [3.05, 3.63) is 29.3 Å². The van der Waals surface area contributed by atoms with E-state index in [4.69, 9.17) is 4.74 Å². The van der Waals surface area contributed by atoms with E-state index in [0.717, 1.165) is 11.7 Å². The zero-order valence-electron chi connectivity index (χ0n) is 12.5. The first kappa shape index (κ1) is 15.1. The van der Waals surface area contributed by atoms with Gasteiger partial charge in [0, 0.05) is 0 Å². The summed E-state index contributed by atoms with van der Waals surface area (Å²) >= 11 is 0. The molecule has 0 aromatic heterocycles. The van der Waals surface area contributed by atoms with Crippen molar-refractivity contribution in [3.8, 4) is 5.75 Å². The fourth-order valence-electron chi connectivity index (χ4n) is 2.58. The van der Waals surface area contributed by atoms with E-state index in [0.29, 0.717) is 0 Å². The molecule has 1 unspecified atom stereocenters. The quantitative estimate of drug-likeness (QED) is 0.618. The molecule has 1 aromatic rings. The lowest BCUT2D eigenvalue weighted by molar-refractivity contribution is 0.409. The molecule has 0 heterocycles. The molecule has 102 valence electrons. The highest BCUT2D eigenvalue weighted by Crippen LogP contribution is 2.22. The van der Waals surface area contributed by atoms with Crippen LogP contribution in [-0.4, -0.2) is 7.11 Å². The Morgan fingerprint density at radius 1 is 1.17 bits per heavy atom. The molecule has 18 heavy (non-hydrogen) atoms. The standard InChI is InChI=1S/C17H28O/c1-5-8-15(6-2)9-7-10-16-12-11-14(3)17(13-16)18-4/h11-13,15H,5-10H2,1-4H3. The van der Waals surface area contributed by atoms with E-state index in [2.05, 4.69) is 39.0 Å². The summed E-state index contributed by atoms with van der Waals surface area (Å²) in [6.45, 7) is 6.69. The molecule has 1 heteroatoms. The van der Waals surface area contributed by atoms with Crippen molar-refractivity contribution in [2.75, 3.05) is 7.11 Å². The van der Waals surface area contributed by atoms with Crippen LogP contribution in [0.4, 0.5) is 0 Å². The Hall–Kier alpha value is -0.980. The van der Waals surface area contributed by atoms with Gasteiger partial charge in [0.15, 0.2) is 0 Å². The molecule has 1 nitrogen and oxygen atoms in total. The number of methoxy groups -OCH3 is 1. The summed E-state index contributed by atoms with van der Waals surface area (Å²) in [5, 5.41) is 0. The van der Waals surface area contributed by atoms with Crippen LogP contribution in [0.5, 0.6) is 5.75 Å². The minimum atomic E-state index is 0.919. The molecule has 1 rings (SSSR count). The zero-order chi connectivity index (χ0) is 13.4. The summed E-state index contributed by atoms with van der Waals surface area (Å²) < 4.78 is 5.37. The van der Waals surface area contributed by atoms with Crippen molar-refractivity contribution in [1.82, 2.24) is 0 Å². The molecular formula is C17H28O. The predicted octanol–water partition coefficient (Wildman–Crippen LogP) is 5.15. The smallest absolute Gasteiger partial charge is 0.122 e.